The highest BCUT2D eigenvalue weighted by molar-refractivity contribution is 7.07. The normalized spacial score (nSPS) is 11.8. The van der Waals surface area contributed by atoms with Gasteiger partial charge in [-0.15, -0.1) is 11.3 Å². The van der Waals surface area contributed by atoms with E-state index in [1.807, 2.05) is 37.4 Å². The van der Waals surface area contributed by atoms with Crippen LogP contribution in [0.4, 0.5) is 5.69 Å². The highest BCUT2D eigenvalue weighted by Crippen LogP contribution is 2.27. The number of para-hydroxylation sites is 1. The number of phenols is 1. The zero-order valence-electron chi connectivity index (χ0n) is 16.1. The van der Waals surface area contributed by atoms with Crippen LogP contribution in [0.15, 0.2) is 46.8 Å². The van der Waals surface area contributed by atoms with E-state index in [1.165, 1.54) is 17.4 Å². The van der Waals surface area contributed by atoms with Crippen LogP contribution in [0.25, 0.3) is 11.3 Å². The topological polar surface area (TPSA) is 89.8 Å². The zero-order valence-corrected chi connectivity index (χ0v) is 16.9. The maximum Gasteiger partial charge on any atom is 0.252 e. The number of methoxy groups -OCH3 is 1. The summed E-state index contributed by atoms with van der Waals surface area (Å²) in [6.45, 7) is 5.20. The molecule has 0 aliphatic rings. The van der Waals surface area contributed by atoms with Gasteiger partial charge in [0.15, 0.2) is 4.80 Å². The molecule has 3 rings (SSSR count). The van der Waals surface area contributed by atoms with E-state index in [4.69, 9.17) is 15.5 Å². The van der Waals surface area contributed by atoms with Gasteiger partial charge in [-0.1, -0.05) is 18.2 Å². The van der Waals surface area contributed by atoms with Crippen LogP contribution in [-0.4, -0.2) is 29.3 Å². The minimum atomic E-state index is -0.668. The molecule has 1 heterocycles. The largest absolute Gasteiger partial charge is 0.507 e. The number of hydrogen-bond acceptors (Lipinski definition) is 5. The molecule has 1 aromatic heterocycles. The molecule has 7 heteroatoms. The molecule has 0 saturated carbocycles. The molecule has 3 N–H and O–H groups in total. The Labute approximate surface area is 167 Å². The molecule has 6 nitrogen and oxygen atoms in total. The third-order valence-corrected chi connectivity index (χ3v) is 5.39. The number of carbonyl (C=O) groups is 1. The monoisotopic (exact) mass is 397 g/mol. The smallest absolute Gasteiger partial charge is 0.252 e. The van der Waals surface area contributed by atoms with Gasteiger partial charge >= 0.3 is 0 Å². The number of hydrogen-bond donors (Lipinski definition) is 2. The number of carbonyl (C=O) groups excluding carboxylic acids is 1. The number of primary amides is 1. The second kappa shape index (κ2) is 8.41. The molecule has 3 aromatic rings. The summed E-state index contributed by atoms with van der Waals surface area (Å²) in [4.78, 5) is 17.3. The Balaban J connectivity index is 2.18. The summed E-state index contributed by atoms with van der Waals surface area (Å²) in [5.41, 5.74) is 10.3. The lowest BCUT2D eigenvalue weighted by Crippen LogP contribution is -2.19. The number of nitrogens with two attached hydrogens (primary N) is 1. The van der Waals surface area contributed by atoms with Crippen LogP contribution >= 0.6 is 11.3 Å². The summed E-state index contributed by atoms with van der Waals surface area (Å²) < 4.78 is 7.32. The minimum Gasteiger partial charge on any atom is -0.507 e. The van der Waals surface area contributed by atoms with Gasteiger partial charge in [-0.3, -0.25) is 4.79 Å². The molecule has 0 unspecified atom stereocenters. The van der Waals surface area contributed by atoms with Crippen molar-refractivity contribution in [2.24, 2.45) is 10.7 Å². The maximum absolute atomic E-state index is 11.6. The first-order valence-corrected chi connectivity index (χ1v) is 9.71. The number of aryl methyl sites for hydroxylation is 2. The second-order valence-corrected chi connectivity index (χ2v) is 7.33. The molecule has 0 bridgehead atoms. The van der Waals surface area contributed by atoms with Crippen molar-refractivity contribution in [3.8, 4) is 17.0 Å². The van der Waals surface area contributed by atoms with Crippen LogP contribution in [0, 0.1) is 13.8 Å². The van der Waals surface area contributed by atoms with Gasteiger partial charge in [0.2, 0.25) is 0 Å². The lowest BCUT2D eigenvalue weighted by molar-refractivity contribution is 0.0998. The van der Waals surface area contributed by atoms with Gasteiger partial charge < -0.3 is 20.1 Å². The van der Waals surface area contributed by atoms with Crippen molar-refractivity contribution in [2.75, 3.05) is 13.7 Å². The number of aromatic hydroxyl groups is 1. The summed E-state index contributed by atoms with van der Waals surface area (Å²) in [7, 11) is 1.65. The van der Waals surface area contributed by atoms with Crippen LogP contribution < -0.4 is 10.5 Å². The fourth-order valence-electron chi connectivity index (χ4n) is 3.02. The molecule has 0 aliphatic heterocycles. The molecule has 0 fully saturated rings. The molecule has 1 amide bonds. The quantitative estimate of drug-likeness (QED) is 0.667. The van der Waals surface area contributed by atoms with Gasteiger partial charge in [-0.25, -0.2) is 4.99 Å². The Bertz CT molecular complexity index is 1060. The Hall–Kier alpha value is -2.90. The van der Waals surface area contributed by atoms with Crippen molar-refractivity contribution >= 4 is 22.9 Å². The van der Waals surface area contributed by atoms with Crippen LogP contribution in [0.1, 0.15) is 21.5 Å². The first kappa shape index (κ1) is 19.9. The summed E-state index contributed by atoms with van der Waals surface area (Å²) in [6.07, 6.45) is 0. The van der Waals surface area contributed by atoms with Gasteiger partial charge in [0, 0.05) is 24.6 Å². The highest BCUT2D eigenvalue weighted by atomic mass is 32.1. The van der Waals surface area contributed by atoms with Crippen molar-refractivity contribution < 1.29 is 14.6 Å². The van der Waals surface area contributed by atoms with E-state index in [2.05, 4.69) is 4.57 Å². The molecule has 0 saturated heterocycles. The van der Waals surface area contributed by atoms with Crippen molar-refractivity contribution in [3.63, 3.8) is 0 Å². The summed E-state index contributed by atoms with van der Waals surface area (Å²) in [6, 6.07) is 10.9. The average Bonchev–Trinajstić information content (AvgIpc) is 3.05. The molecular formula is C21H23N3O3S. The Morgan fingerprint density at radius 3 is 2.61 bits per heavy atom. The Morgan fingerprint density at radius 1 is 1.25 bits per heavy atom. The minimum absolute atomic E-state index is 0.0928. The van der Waals surface area contributed by atoms with Crippen LogP contribution in [0.5, 0.6) is 5.75 Å². The maximum atomic E-state index is 11.6. The van der Waals surface area contributed by atoms with E-state index in [0.717, 1.165) is 32.9 Å². The molecule has 28 heavy (non-hydrogen) atoms. The van der Waals surface area contributed by atoms with Gasteiger partial charge in [0.25, 0.3) is 5.91 Å². The first-order valence-electron chi connectivity index (χ1n) is 8.83. The zero-order chi connectivity index (χ0) is 20.3. The SMILES string of the molecule is COCCn1c(-c2ccc(O)c(C(N)=O)c2)csc1=Nc1c(C)cccc1C. The predicted molar refractivity (Wildman–Crippen MR) is 111 cm³/mol. The summed E-state index contributed by atoms with van der Waals surface area (Å²) >= 11 is 1.51. The summed E-state index contributed by atoms with van der Waals surface area (Å²) in [5.74, 6) is -0.797. The van der Waals surface area contributed by atoms with E-state index < -0.39 is 5.91 Å². The number of benzene rings is 2. The van der Waals surface area contributed by atoms with E-state index in [0.29, 0.717) is 13.2 Å². The molecule has 2 aromatic carbocycles. The molecule has 0 radical (unpaired) electrons. The van der Waals surface area contributed by atoms with E-state index in [9.17, 15) is 9.90 Å². The third-order valence-electron chi connectivity index (χ3n) is 4.52. The fraction of sp³-hybridized carbons (Fsp3) is 0.238. The van der Waals surface area contributed by atoms with Crippen LogP contribution in [-0.2, 0) is 11.3 Å². The summed E-state index contributed by atoms with van der Waals surface area (Å²) in [5, 5.41) is 11.9. The highest BCUT2D eigenvalue weighted by Gasteiger charge is 2.14. The van der Waals surface area contributed by atoms with Crippen molar-refractivity contribution in [2.45, 2.75) is 20.4 Å². The molecule has 0 atom stereocenters. The van der Waals surface area contributed by atoms with Gasteiger partial charge in [-0.2, -0.15) is 0 Å². The van der Waals surface area contributed by atoms with Crippen molar-refractivity contribution in [1.29, 1.82) is 0 Å². The van der Waals surface area contributed by atoms with E-state index >= 15 is 0 Å². The number of amides is 1. The number of nitrogens with zero attached hydrogens (tertiary/aromatic N) is 2. The lowest BCUT2D eigenvalue weighted by Gasteiger charge is -2.11. The van der Waals surface area contributed by atoms with Gasteiger partial charge in [-0.05, 0) is 43.2 Å². The average molecular weight is 398 g/mol. The third kappa shape index (κ3) is 4.00. The van der Waals surface area contributed by atoms with E-state index in [-0.39, 0.29) is 11.3 Å². The van der Waals surface area contributed by atoms with E-state index in [1.54, 1.807) is 19.2 Å². The first-order chi connectivity index (χ1) is 13.4. The standard InChI is InChI=1S/C21H23N3O3S/c1-13-5-4-6-14(2)19(13)23-21-24(9-10-27-3)17(12-28-21)15-7-8-18(25)16(11-15)20(22)26/h4-8,11-12,25H,9-10H2,1-3H3,(H2,22,26). The van der Waals surface area contributed by atoms with Crippen molar-refractivity contribution in [3.05, 3.63) is 63.3 Å². The molecule has 0 aliphatic carbocycles. The second-order valence-electron chi connectivity index (χ2n) is 6.50. The Kier molecular flexibility index (Phi) is 5.96. The predicted octanol–water partition coefficient (Wildman–Crippen LogP) is 3.52. The van der Waals surface area contributed by atoms with Crippen LogP contribution in [0.2, 0.25) is 0 Å². The van der Waals surface area contributed by atoms with Gasteiger partial charge in [0.1, 0.15) is 5.75 Å². The van der Waals surface area contributed by atoms with Gasteiger partial charge in [0.05, 0.1) is 23.6 Å². The Morgan fingerprint density at radius 2 is 1.96 bits per heavy atom. The molecule has 146 valence electrons. The number of rotatable bonds is 6. The molecule has 0 spiro atoms. The van der Waals surface area contributed by atoms with Crippen LogP contribution in [0.3, 0.4) is 0 Å². The number of aromatic nitrogens is 1. The number of ether oxygens (including phenoxy) is 1. The molecular weight excluding hydrogens is 374 g/mol. The number of thiazole rings is 1. The van der Waals surface area contributed by atoms with Crippen molar-refractivity contribution in [1.82, 2.24) is 4.57 Å². The fourth-order valence-corrected chi connectivity index (χ4v) is 3.96. The lowest BCUT2D eigenvalue weighted by atomic mass is 10.1.